The number of rotatable bonds is 2. The summed E-state index contributed by atoms with van der Waals surface area (Å²) in [4.78, 5) is 12.0. The van der Waals surface area contributed by atoms with Crippen molar-refractivity contribution in [3.63, 3.8) is 0 Å². The predicted molar refractivity (Wildman–Crippen MR) is 88.8 cm³/mol. The first kappa shape index (κ1) is 14.5. The van der Waals surface area contributed by atoms with Crippen molar-refractivity contribution >= 4 is 11.6 Å². The van der Waals surface area contributed by atoms with Gasteiger partial charge in [0.15, 0.2) is 0 Å². The van der Waals surface area contributed by atoms with Crippen LogP contribution in [0.15, 0.2) is 53.6 Å². The van der Waals surface area contributed by atoms with E-state index < -0.39 is 0 Å². The minimum absolute atomic E-state index is 0.00656. The van der Waals surface area contributed by atoms with Gasteiger partial charge in [0, 0.05) is 13.3 Å². The summed E-state index contributed by atoms with van der Waals surface area (Å²) in [6.45, 7) is 5.71. The van der Waals surface area contributed by atoms with Crippen molar-refractivity contribution in [1.82, 2.24) is 5.01 Å². The maximum atomic E-state index is 12.0. The van der Waals surface area contributed by atoms with Crippen LogP contribution < -0.4 is 0 Å². The third-order valence-electron chi connectivity index (χ3n) is 4.01. The molecule has 1 aliphatic heterocycles. The average molecular weight is 292 g/mol. The van der Waals surface area contributed by atoms with Crippen LogP contribution in [0, 0.1) is 13.8 Å². The highest BCUT2D eigenvalue weighted by Gasteiger charge is 2.31. The summed E-state index contributed by atoms with van der Waals surface area (Å²) in [5, 5.41) is 6.20. The van der Waals surface area contributed by atoms with Crippen molar-refractivity contribution < 1.29 is 4.79 Å². The van der Waals surface area contributed by atoms with Crippen LogP contribution in [0.4, 0.5) is 0 Å². The molecule has 0 radical (unpaired) electrons. The largest absolute Gasteiger partial charge is 0.273 e. The van der Waals surface area contributed by atoms with E-state index in [0.717, 1.165) is 23.3 Å². The lowest BCUT2D eigenvalue weighted by atomic mass is 9.97. The van der Waals surface area contributed by atoms with Gasteiger partial charge in [-0.3, -0.25) is 4.79 Å². The summed E-state index contributed by atoms with van der Waals surface area (Å²) in [6.07, 6.45) is 0.756. The Balaban J connectivity index is 1.96. The number of benzene rings is 2. The first-order chi connectivity index (χ1) is 10.5. The molecular weight excluding hydrogens is 272 g/mol. The van der Waals surface area contributed by atoms with Gasteiger partial charge >= 0.3 is 0 Å². The summed E-state index contributed by atoms with van der Waals surface area (Å²) >= 11 is 0. The molecule has 1 aliphatic rings. The second kappa shape index (κ2) is 5.76. The molecule has 0 N–H and O–H groups in total. The molecule has 3 heteroatoms. The standard InChI is InChI=1S/C19H20N2O/c1-13-6-4-8-16(10-13)18-12-19(21(20-18)15(3)22)17-9-5-7-14(2)11-17/h4-11,19H,12H2,1-3H3. The van der Waals surface area contributed by atoms with Crippen LogP contribution in [-0.4, -0.2) is 16.6 Å². The Bertz CT molecular complexity index is 749. The highest BCUT2D eigenvalue weighted by Crippen LogP contribution is 2.33. The van der Waals surface area contributed by atoms with Gasteiger partial charge < -0.3 is 0 Å². The Kier molecular flexibility index (Phi) is 3.80. The topological polar surface area (TPSA) is 32.7 Å². The number of hydrogen-bond acceptors (Lipinski definition) is 2. The van der Waals surface area contributed by atoms with E-state index in [4.69, 9.17) is 0 Å². The van der Waals surface area contributed by atoms with E-state index in [1.807, 2.05) is 12.1 Å². The van der Waals surface area contributed by atoms with Crippen LogP contribution in [0.1, 0.15) is 41.6 Å². The Morgan fingerprint density at radius 3 is 2.41 bits per heavy atom. The first-order valence-corrected chi connectivity index (χ1v) is 7.55. The zero-order valence-corrected chi connectivity index (χ0v) is 13.2. The zero-order chi connectivity index (χ0) is 15.7. The van der Waals surface area contributed by atoms with Crippen LogP contribution in [0.2, 0.25) is 0 Å². The molecule has 1 unspecified atom stereocenters. The van der Waals surface area contributed by atoms with Gasteiger partial charge in [-0.15, -0.1) is 0 Å². The first-order valence-electron chi connectivity index (χ1n) is 7.55. The highest BCUT2D eigenvalue weighted by atomic mass is 16.2. The molecule has 0 saturated carbocycles. The van der Waals surface area contributed by atoms with Crippen LogP contribution in [0.25, 0.3) is 0 Å². The SMILES string of the molecule is CC(=O)N1N=C(c2cccc(C)c2)CC1c1cccc(C)c1. The molecule has 0 spiro atoms. The Labute approximate surface area is 131 Å². The molecule has 3 rings (SSSR count). The fourth-order valence-electron chi connectivity index (χ4n) is 2.94. The number of aryl methyl sites for hydroxylation is 2. The molecule has 3 nitrogen and oxygen atoms in total. The maximum Gasteiger partial charge on any atom is 0.240 e. The Hall–Kier alpha value is -2.42. The summed E-state index contributed by atoms with van der Waals surface area (Å²) < 4.78 is 0. The fourth-order valence-corrected chi connectivity index (χ4v) is 2.94. The highest BCUT2D eigenvalue weighted by molar-refractivity contribution is 6.03. The van der Waals surface area contributed by atoms with E-state index in [1.165, 1.54) is 11.1 Å². The number of carbonyl (C=O) groups excluding carboxylic acids is 1. The van der Waals surface area contributed by atoms with Gasteiger partial charge in [0.25, 0.3) is 0 Å². The van der Waals surface area contributed by atoms with Gasteiger partial charge in [0.1, 0.15) is 0 Å². The lowest BCUT2D eigenvalue weighted by molar-refractivity contribution is -0.130. The normalized spacial score (nSPS) is 17.5. The summed E-state index contributed by atoms with van der Waals surface area (Å²) in [5.41, 5.74) is 5.62. The minimum atomic E-state index is -0.0193. The second-order valence-corrected chi connectivity index (χ2v) is 5.91. The molecule has 0 aliphatic carbocycles. The van der Waals surface area contributed by atoms with Gasteiger partial charge in [-0.05, 0) is 25.0 Å². The molecule has 1 atom stereocenters. The van der Waals surface area contributed by atoms with E-state index >= 15 is 0 Å². The summed E-state index contributed by atoms with van der Waals surface area (Å²) in [5.74, 6) is -0.0193. The van der Waals surface area contributed by atoms with Crippen molar-refractivity contribution in [2.24, 2.45) is 5.10 Å². The fraction of sp³-hybridized carbons (Fsp3) is 0.263. The lowest BCUT2D eigenvalue weighted by Crippen LogP contribution is -2.24. The molecule has 2 aromatic carbocycles. The smallest absolute Gasteiger partial charge is 0.240 e. The molecule has 2 aromatic rings. The van der Waals surface area contributed by atoms with Crippen molar-refractivity contribution in [3.8, 4) is 0 Å². The summed E-state index contributed by atoms with van der Waals surface area (Å²) in [7, 11) is 0. The molecule has 0 fully saturated rings. The maximum absolute atomic E-state index is 12.0. The number of nitrogens with zero attached hydrogens (tertiary/aromatic N) is 2. The van der Waals surface area contributed by atoms with Gasteiger partial charge in [-0.25, -0.2) is 5.01 Å². The van der Waals surface area contributed by atoms with Crippen molar-refractivity contribution in [2.75, 3.05) is 0 Å². The number of hydrazone groups is 1. The van der Waals surface area contributed by atoms with E-state index in [2.05, 4.69) is 55.3 Å². The summed E-state index contributed by atoms with van der Waals surface area (Å²) in [6, 6.07) is 16.6. The third-order valence-corrected chi connectivity index (χ3v) is 4.01. The Morgan fingerprint density at radius 1 is 1.09 bits per heavy atom. The molecule has 1 amide bonds. The van der Waals surface area contributed by atoms with Crippen molar-refractivity contribution in [1.29, 1.82) is 0 Å². The van der Waals surface area contributed by atoms with Gasteiger partial charge in [-0.1, -0.05) is 59.7 Å². The molecule has 1 heterocycles. The van der Waals surface area contributed by atoms with Crippen LogP contribution >= 0.6 is 0 Å². The second-order valence-electron chi connectivity index (χ2n) is 5.91. The quantitative estimate of drug-likeness (QED) is 0.823. The molecule has 0 aromatic heterocycles. The van der Waals surface area contributed by atoms with Gasteiger partial charge in [0.05, 0.1) is 11.8 Å². The van der Waals surface area contributed by atoms with Crippen LogP contribution in [0.5, 0.6) is 0 Å². The lowest BCUT2D eigenvalue weighted by Gasteiger charge is -2.20. The third kappa shape index (κ3) is 2.80. The van der Waals surface area contributed by atoms with Crippen LogP contribution in [0.3, 0.4) is 0 Å². The number of amides is 1. The van der Waals surface area contributed by atoms with Gasteiger partial charge in [0.2, 0.25) is 5.91 Å². The van der Waals surface area contributed by atoms with Crippen LogP contribution in [-0.2, 0) is 4.79 Å². The van der Waals surface area contributed by atoms with Gasteiger partial charge in [-0.2, -0.15) is 5.10 Å². The molecule has 112 valence electrons. The molecule has 22 heavy (non-hydrogen) atoms. The monoisotopic (exact) mass is 292 g/mol. The molecule has 0 saturated heterocycles. The minimum Gasteiger partial charge on any atom is -0.273 e. The van der Waals surface area contributed by atoms with Crippen molar-refractivity contribution in [2.45, 2.75) is 33.2 Å². The predicted octanol–water partition coefficient (Wildman–Crippen LogP) is 4.00. The molecular formula is C19H20N2O. The number of carbonyl (C=O) groups is 1. The van der Waals surface area contributed by atoms with E-state index in [-0.39, 0.29) is 11.9 Å². The van der Waals surface area contributed by atoms with E-state index in [0.29, 0.717) is 0 Å². The average Bonchev–Trinajstić information content (AvgIpc) is 2.92. The Morgan fingerprint density at radius 2 is 1.77 bits per heavy atom. The van der Waals surface area contributed by atoms with Crippen molar-refractivity contribution in [3.05, 3.63) is 70.8 Å². The van der Waals surface area contributed by atoms with E-state index in [9.17, 15) is 4.79 Å². The molecule has 0 bridgehead atoms. The number of hydrogen-bond donors (Lipinski definition) is 0. The zero-order valence-electron chi connectivity index (χ0n) is 13.2. The van der Waals surface area contributed by atoms with E-state index in [1.54, 1.807) is 11.9 Å².